The normalized spacial score (nSPS) is 16.2. The summed E-state index contributed by atoms with van der Waals surface area (Å²) in [6.07, 6.45) is 0. The van der Waals surface area contributed by atoms with Crippen molar-refractivity contribution in [1.82, 2.24) is 4.98 Å². The number of aryl methyl sites for hydroxylation is 1. The number of morpholine rings is 1. The van der Waals surface area contributed by atoms with E-state index in [0.29, 0.717) is 18.8 Å². The monoisotopic (exact) mass is 220 g/mol. The van der Waals surface area contributed by atoms with E-state index in [-0.39, 0.29) is 5.84 Å². The highest BCUT2D eigenvalue weighted by atomic mass is 16.5. The summed E-state index contributed by atoms with van der Waals surface area (Å²) in [6, 6.07) is 3.73. The maximum Gasteiger partial charge on any atom is 0.139 e. The zero-order chi connectivity index (χ0) is 11.5. The number of amidine groups is 1. The Morgan fingerprint density at radius 2 is 2.12 bits per heavy atom. The minimum absolute atomic E-state index is 0.0639. The number of nitrogens with zero attached hydrogens (tertiary/aromatic N) is 2. The van der Waals surface area contributed by atoms with Gasteiger partial charge in [0.25, 0.3) is 0 Å². The molecule has 0 aromatic carbocycles. The largest absolute Gasteiger partial charge is 0.384 e. The van der Waals surface area contributed by atoms with Crippen LogP contribution in [-0.4, -0.2) is 37.1 Å². The van der Waals surface area contributed by atoms with Crippen LogP contribution in [0.15, 0.2) is 12.1 Å². The molecule has 1 saturated heterocycles. The molecule has 1 aliphatic heterocycles. The summed E-state index contributed by atoms with van der Waals surface area (Å²) < 4.78 is 5.30. The van der Waals surface area contributed by atoms with Gasteiger partial charge in [-0.25, -0.2) is 4.98 Å². The van der Waals surface area contributed by atoms with E-state index in [1.165, 1.54) is 0 Å². The van der Waals surface area contributed by atoms with Crippen LogP contribution in [0.5, 0.6) is 0 Å². The molecule has 0 aliphatic carbocycles. The molecule has 0 spiro atoms. The lowest BCUT2D eigenvalue weighted by atomic mass is 10.2. The number of nitrogens with one attached hydrogen (secondary N) is 1. The molecule has 0 radical (unpaired) electrons. The fourth-order valence-electron chi connectivity index (χ4n) is 1.77. The van der Waals surface area contributed by atoms with Gasteiger partial charge in [-0.3, -0.25) is 5.41 Å². The van der Waals surface area contributed by atoms with Gasteiger partial charge in [-0.1, -0.05) is 0 Å². The quantitative estimate of drug-likeness (QED) is 0.562. The molecular formula is C11H16N4O. The van der Waals surface area contributed by atoms with Crippen LogP contribution in [0.25, 0.3) is 0 Å². The number of rotatable bonds is 2. The van der Waals surface area contributed by atoms with E-state index in [2.05, 4.69) is 9.88 Å². The third-order valence-electron chi connectivity index (χ3n) is 2.62. The number of ether oxygens (including phenoxy) is 1. The fourth-order valence-corrected chi connectivity index (χ4v) is 1.77. The van der Waals surface area contributed by atoms with Gasteiger partial charge in [-0.15, -0.1) is 0 Å². The van der Waals surface area contributed by atoms with Gasteiger partial charge in [0.2, 0.25) is 0 Å². The summed E-state index contributed by atoms with van der Waals surface area (Å²) in [7, 11) is 0. The van der Waals surface area contributed by atoms with Gasteiger partial charge < -0.3 is 15.4 Å². The Balaban J connectivity index is 2.36. The molecule has 86 valence electrons. The summed E-state index contributed by atoms with van der Waals surface area (Å²) in [5.41, 5.74) is 7.19. The van der Waals surface area contributed by atoms with E-state index >= 15 is 0 Å². The molecule has 1 aliphatic rings. The molecule has 3 N–H and O–H groups in total. The Kier molecular flexibility index (Phi) is 3.05. The van der Waals surface area contributed by atoms with E-state index < -0.39 is 0 Å². The topological polar surface area (TPSA) is 75.2 Å². The highest BCUT2D eigenvalue weighted by Crippen LogP contribution is 2.19. The van der Waals surface area contributed by atoms with Crippen molar-refractivity contribution in [3.63, 3.8) is 0 Å². The van der Waals surface area contributed by atoms with Crippen LogP contribution in [0.2, 0.25) is 0 Å². The number of hydrogen-bond acceptors (Lipinski definition) is 4. The number of pyridine rings is 1. The molecule has 0 amide bonds. The second-order valence-corrected chi connectivity index (χ2v) is 3.84. The SMILES string of the molecule is Cc1ccc(C(=N)N)c(N2CCOCC2)n1. The van der Waals surface area contributed by atoms with Crippen LogP contribution in [-0.2, 0) is 4.74 Å². The van der Waals surface area contributed by atoms with E-state index in [0.717, 1.165) is 24.6 Å². The van der Waals surface area contributed by atoms with Crippen molar-refractivity contribution in [2.75, 3.05) is 31.2 Å². The predicted octanol–water partition coefficient (Wildman–Crippen LogP) is 0.511. The number of aromatic nitrogens is 1. The van der Waals surface area contributed by atoms with Crippen LogP contribution < -0.4 is 10.6 Å². The highest BCUT2D eigenvalue weighted by Gasteiger charge is 2.17. The average molecular weight is 220 g/mol. The molecule has 1 aromatic heterocycles. The number of hydrogen-bond donors (Lipinski definition) is 2. The molecule has 2 rings (SSSR count). The van der Waals surface area contributed by atoms with Crippen LogP contribution in [0.1, 0.15) is 11.3 Å². The number of anilines is 1. The maximum atomic E-state index is 7.55. The van der Waals surface area contributed by atoms with Crippen molar-refractivity contribution < 1.29 is 4.74 Å². The number of nitrogens with two attached hydrogens (primary N) is 1. The van der Waals surface area contributed by atoms with Crippen LogP contribution >= 0.6 is 0 Å². The summed E-state index contributed by atoms with van der Waals surface area (Å²) in [5.74, 6) is 0.866. The van der Waals surface area contributed by atoms with Gasteiger partial charge in [-0.05, 0) is 19.1 Å². The minimum atomic E-state index is 0.0639. The molecule has 1 fully saturated rings. The molecule has 0 saturated carbocycles. The Labute approximate surface area is 94.7 Å². The molecule has 5 nitrogen and oxygen atoms in total. The first-order valence-electron chi connectivity index (χ1n) is 5.33. The Morgan fingerprint density at radius 1 is 1.44 bits per heavy atom. The van der Waals surface area contributed by atoms with Crippen molar-refractivity contribution in [3.05, 3.63) is 23.4 Å². The third-order valence-corrected chi connectivity index (χ3v) is 2.62. The van der Waals surface area contributed by atoms with Crippen molar-refractivity contribution in [3.8, 4) is 0 Å². The summed E-state index contributed by atoms with van der Waals surface area (Å²) in [6.45, 7) is 4.95. The predicted molar refractivity (Wildman–Crippen MR) is 63.0 cm³/mol. The van der Waals surface area contributed by atoms with Gasteiger partial charge in [0.1, 0.15) is 11.7 Å². The molecule has 5 heteroatoms. The molecule has 0 atom stereocenters. The second kappa shape index (κ2) is 4.49. The summed E-state index contributed by atoms with van der Waals surface area (Å²) in [5, 5.41) is 7.55. The van der Waals surface area contributed by atoms with Gasteiger partial charge in [-0.2, -0.15) is 0 Å². The standard InChI is InChI=1S/C11H16N4O/c1-8-2-3-9(10(12)13)11(14-8)15-4-6-16-7-5-15/h2-3H,4-7H2,1H3,(H3,12,13). The average Bonchev–Trinajstić information content (AvgIpc) is 2.29. The Bertz CT molecular complexity index is 399. The van der Waals surface area contributed by atoms with Crippen LogP contribution in [0, 0.1) is 12.3 Å². The van der Waals surface area contributed by atoms with Crippen LogP contribution in [0.3, 0.4) is 0 Å². The lowest BCUT2D eigenvalue weighted by Crippen LogP contribution is -2.38. The fraction of sp³-hybridized carbons (Fsp3) is 0.455. The zero-order valence-electron chi connectivity index (χ0n) is 9.36. The molecule has 16 heavy (non-hydrogen) atoms. The lowest BCUT2D eigenvalue weighted by molar-refractivity contribution is 0.122. The first kappa shape index (κ1) is 10.9. The van der Waals surface area contributed by atoms with Crippen molar-refractivity contribution in [1.29, 1.82) is 5.41 Å². The summed E-state index contributed by atoms with van der Waals surface area (Å²) >= 11 is 0. The Morgan fingerprint density at radius 3 is 2.75 bits per heavy atom. The maximum absolute atomic E-state index is 7.55. The van der Waals surface area contributed by atoms with E-state index in [1.807, 2.05) is 19.1 Å². The van der Waals surface area contributed by atoms with Gasteiger partial charge >= 0.3 is 0 Å². The first-order valence-corrected chi connectivity index (χ1v) is 5.33. The molecule has 1 aromatic rings. The third kappa shape index (κ3) is 2.14. The molecule has 2 heterocycles. The first-order chi connectivity index (χ1) is 7.68. The summed E-state index contributed by atoms with van der Waals surface area (Å²) in [4.78, 5) is 6.59. The molecular weight excluding hydrogens is 204 g/mol. The lowest BCUT2D eigenvalue weighted by Gasteiger charge is -2.29. The van der Waals surface area contributed by atoms with Crippen LogP contribution in [0.4, 0.5) is 5.82 Å². The molecule has 0 unspecified atom stereocenters. The minimum Gasteiger partial charge on any atom is -0.384 e. The Hall–Kier alpha value is -1.62. The van der Waals surface area contributed by atoms with E-state index in [4.69, 9.17) is 15.9 Å². The van der Waals surface area contributed by atoms with E-state index in [1.54, 1.807) is 0 Å². The highest BCUT2D eigenvalue weighted by molar-refractivity contribution is 5.99. The molecule has 0 bridgehead atoms. The van der Waals surface area contributed by atoms with Crippen molar-refractivity contribution >= 4 is 11.7 Å². The van der Waals surface area contributed by atoms with Gasteiger partial charge in [0, 0.05) is 18.8 Å². The second-order valence-electron chi connectivity index (χ2n) is 3.84. The van der Waals surface area contributed by atoms with Gasteiger partial charge in [0.05, 0.1) is 18.8 Å². The van der Waals surface area contributed by atoms with Gasteiger partial charge in [0.15, 0.2) is 0 Å². The van der Waals surface area contributed by atoms with Crippen molar-refractivity contribution in [2.45, 2.75) is 6.92 Å². The number of nitrogen functional groups attached to an aromatic ring is 1. The smallest absolute Gasteiger partial charge is 0.139 e. The van der Waals surface area contributed by atoms with Crippen molar-refractivity contribution in [2.24, 2.45) is 5.73 Å². The van der Waals surface area contributed by atoms with E-state index in [9.17, 15) is 0 Å². The zero-order valence-corrected chi connectivity index (χ0v) is 9.36.